The number of thioether (sulfide) groups is 1. The summed E-state index contributed by atoms with van der Waals surface area (Å²) in [6, 6.07) is 19.4. The number of benzene rings is 2. The lowest BCUT2D eigenvalue weighted by atomic mass is 10.2. The van der Waals surface area contributed by atoms with Crippen molar-refractivity contribution in [2.75, 3.05) is 17.2 Å². The first kappa shape index (κ1) is 16.6. The number of nitrogens with zero attached hydrogens (tertiary/aromatic N) is 2. The Hall–Kier alpha value is -1.77. The Balaban J connectivity index is 2.02. The van der Waals surface area contributed by atoms with E-state index in [0.29, 0.717) is 18.7 Å². The number of para-hydroxylation sites is 1. The quantitative estimate of drug-likeness (QED) is 0.699. The maximum Gasteiger partial charge on any atom is 0.237 e. The second-order valence-electron chi connectivity index (χ2n) is 4.53. The van der Waals surface area contributed by atoms with E-state index in [1.54, 1.807) is 4.90 Å². The van der Waals surface area contributed by atoms with E-state index in [9.17, 15) is 4.79 Å². The number of carbonyl (C=O) groups is 1. The summed E-state index contributed by atoms with van der Waals surface area (Å²) < 4.78 is 1.02. The first-order valence-electron chi connectivity index (χ1n) is 6.81. The monoisotopic (exact) mass is 374 g/mol. The lowest BCUT2D eigenvalue weighted by Gasteiger charge is -2.21. The van der Waals surface area contributed by atoms with Crippen LogP contribution in [0.15, 0.2) is 64.0 Å². The third-order valence-corrected chi connectivity index (χ3v) is 4.52. The normalized spacial score (nSPS) is 10.0. The highest BCUT2D eigenvalue weighted by molar-refractivity contribution is 9.10. The molecule has 0 aliphatic heterocycles. The summed E-state index contributed by atoms with van der Waals surface area (Å²) in [6.45, 7) is 0.417. The van der Waals surface area contributed by atoms with Crippen molar-refractivity contribution in [2.24, 2.45) is 0 Å². The largest absolute Gasteiger partial charge is 0.311 e. The average Bonchev–Trinajstić information content (AvgIpc) is 2.55. The van der Waals surface area contributed by atoms with Crippen molar-refractivity contribution < 1.29 is 4.79 Å². The van der Waals surface area contributed by atoms with Gasteiger partial charge in [0.2, 0.25) is 5.91 Å². The predicted molar refractivity (Wildman–Crippen MR) is 93.9 cm³/mol. The molecule has 0 aromatic heterocycles. The lowest BCUT2D eigenvalue weighted by molar-refractivity contribution is -0.116. The van der Waals surface area contributed by atoms with E-state index in [1.165, 1.54) is 11.8 Å². The van der Waals surface area contributed by atoms with Gasteiger partial charge < -0.3 is 4.90 Å². The molecule has 0 unspecified atom stereocenters. The molecule has 1 amide bonds. The number of hydrogen-bond donors (Lipinski definition) is 0. The molecule has 0 aliphatic rings. The van der Waals surface area contributed by atoms with Gasteiger partial charge >= 0.3 is 0 Å². The van der Waals surface area contributed by atoms with Gasteiger partial charge in [0.1, 0.15) is 0 Å². The van der Waals surface area contributed by atoms with Gasteiger partial charge in [0.15, 0.2) is 0 Å². The van der Waals surface area contributed by atoms with Gasteiger partial charge in [0, 0.05) is 21.6 Å². The number of rotatable bonds is 6. The minimum absolute atomic E-state index is 0.00867. The van der Waals surface area contributed by atoms with Crippen molar-refractivity contribution in [3.63, 3.8) is 0 Å². The summed E-state index contributed by atoms with van der Waals surface area (Å²) in [7, 11) is 0. The van der Waals surface area contributed by atoms with Crippen molar-refractivity contribution in [3.8, 4) is 6.07 Å². The van der Waals surface area contributed by atoms with Crippen molar-refractivity contribution in [3.05, 3.63) is 59.1 Å². The fraction of sp³-hybridized carbons (Fsp3) is 0.176. The molecule has 22 heavy (non-hydrogen) atoms. The van der Waals surface area contributed by atoms with Crippen molar-refractivity contribution in [1.29, 1.82) is 5.26 Å². The van der Waals surface area contributed by atoms with Crippen molar-refractivity contribution in [1.82, 2.24) is 0 Å². The molecule has 2 aromatic carbocycles. The van der Waals surface area contributed by atoms with E-state index in [-0.39, 0.29) is 5.91 Å². The molecule has 2 rings (SSSR count). The molecule has 5 heteroatoms. The predicted octanol–water partition coefficient (Wildman–Crippen LogP) is 4.49. The Morgan fingerprint density at radius 1 is 1.14 bits per heavy atom. The Morgan fingerprint density at radius 2 is 1.82 bits per heavy atom. The first-order valence-corrected chi connectivity index (χ1v) is 8.59. The molecule has 0 N–H and O–H groups in total. The van der Waals surface area contributed by atoms with Crippen LogP contribution in [0, 0.1) is 11.3 Å². The Kier molecular flexibility index (Phi) is 6.50. The van der Waals surface area contributed by atoms with Crippen LogP contribution in [0.1, 0.15) is 6.42 Å². The minimum Gasteiger partial charge on any atom is -0.311 e. The number of amides is 1. The third kappa shape index (κ3) is 4.90. The van der Waals surface area contributed by atoms with Crippen molar-refractivity contribution in [2.45, 2.75) is 11.3 Å². The van der Waals surface area contributed by atoms with Gasteiger partial charge in [0.05, 0.1) is 18.2 Å². The Labute approximate surface area is 143 Å². The van der Waals surface area contributed by atoms with Crippen LogP contribution in [0.25, 0.3) is 0 Å². The number of carbonyl (C=O) groups excluding carboxylic acids is 1. The third-order valence-electron chi connectivity index (χ3n) is 2.99. The van der Waals surface area contributed by atoms with E-state index in [2.05, 4.69) is 22.0 Å². The van der Waals surface area contributed by atoms with Crippen LogP contribution in [0.5, 0.6) is 0 Å². The summed E-state index contributed by atoms with van der Waals surface area (Å²) in [4.78, 5) is 15.2. The second-order valence-corrected chi connectivity index (χ2v) is 6.50. The average molecular weight is 375 g/mol. The summed E-state index contributed by atoms with van der Waals surface area (Å²) in [5.41, 5.74) is 0.833. The molecule has 0 saturated carbocycles. The molecule has 112 valence electrons. The van der Waals surface area contributed by atoms with E-state index < -0.39 is 0 Å². The summed E-state index contributed by atoms with van der Waals surface area (Å²) in [5.74, 6) is 0.358. The zero-order valence-electron chi connectivity index (χ0n) is 11.9. The molecule has 0 bridgehead atoms. The Morgan fingerprint density at radius 3 is 2.45 bits per heavy atom. The molecular weight excluding hydrogens is 360 g/mol. The highest BCUT2D eigenvalue weighted by Crippen LogP contribution is 2.22. The molecule has 0 fully saturated rings. The van der Waals surface area contributed by atoms with Gasteiger partial charge in [-0.25, -0.2) is 0 Å². The van der Waals surface area contributed by atoms with Gasteiger partial charge in [-0.05, 0) is 36.4 Å². The first-order chi connectivity index (χ1) is 10.7. The van der Waals surface area contributed by atoms with Crippen LogP contribution >= 0.6 is 27.7 Å². The van der Waals surface area contributed by atoms with Crippen LogP contribution in [0.2, 0.25) is 0 Å². The summed E-state index contributed by atoms with van der Waals surface area (Å²) >= 11 is 4.89. The smallest absolute Gasteiger partial charge is 0.237 e. The highest BCUT2D eigenvalue weighted by atomic mass is 79.9. The second kappa shape index (κ2) is 8.62. The van der Waals surface area contributed by atoms with Crippen LogP contribution in [0.4, 0.5) is 5.69 Å². The molecule has 0 atom stereocenters. The maximum atomic E-state index is 12.5. The topological polar surface area (TPSA) is 44.1 Å². The summed E-state index contributed by atoms with van der Waals surface area (Å²) in [5, 5.41) is 8.78. The minimum atomic E-state index is 0.00867. The summed E-state index contributed by atoms with van der Waals surface area (Å²) in [6.07, 6.45) is 0.323. The van der Waals surface area contributed by atoms with Crippen LogP contribution in [-0.2, 0) is 4.79 Å². The highest BCUT2D eigenvalue weighted by Gasteiger charge is 2.15. The zero-order valence-corrected chi connectivity index (χ0v) is 14.3. The number of hydrogen-bond acceptors (Lipinski definition) is 3. The molecule has 0 aliphatic carbocycles. The number of halogens is 1. The Bertz CT molecular complexity index is 653. The number of nitriles is 1. The van der Waals surface area contributed by atoms with Gasteiger partial charge in [-0.3, -0.25) is 4.79 Å². The molecule has 0 radical (unpaired) electrons. The van der Waals surface area contributed by atoms with Crippen LogP contribution in [-0.4, -0.2) is 18.2 Å². The van der Waals surface area contributed by atoms with E-state index in [1.807, 2.05) is 54.6 Å². The van der Waals surface area contributed by atoms with E-state index in [0.717, 1.165) is 15.1 Å². The molecular formula is C17H15BrN2OS. The molecule has 2 aromatic rings. The van der Waals surface area contributed by atoms with Gasteiger partial charge in [-0.15, -0.1) is 11.8 Å². The van der Waals surface area contributed by atoms with E-state index >= 15 is 0 Å². The number of anilines is 1. The zero-order chi connectivity index (χ0) is 15.8. The van der Waals surface area contributed by atoms with Crippen LogP contribution in [0.3, 0.4) is 0 Å². The maximum absolute atomic E-state index is 12.5. The SMILES string of the molecule is N#CCCN(C(=O)CSc1ccc(Br)cc1)c1ccccc1. The van der Waals surface area contributed by atoms with Crippen LogP contribution < -0.4 is 4.90 Å². The fourth-order valence-electron chi connectivity index (χ4n) is 1.92. The lowest BCUT2D eigenvalue weighted by Crippen LogP contribution is -2.33. The fourth-order valence-corrected chi connectivity index (χ4v) is 2.96. The standard InChI is InChI=1S/C17H15BrN2OS/c18-14-7-9-16(10-8-14)22-13-17(21)20(12-4-11-19)15-5-2-1-3-6-15/h1-3,5-10H,4,12-13H2. The van der Waals surface area contributed by atoms with Gasteiger partial charge in [-0.2, -0.15) is 5.26 Å². The van der Waals surface area contributed by atoms with Gasteiger partial charge in [-0.1, -0.05) is 34.1 Å². The molecule has 0 saturated heterocycles. The van der Waals surface area contributed by atoms with E-state index in [4.69, 9.17) is 5.26 Å². The van der Waals surface area contributed by atoms with Gasteiger partial charge in [0.25, 0.3) is 0 Å². The molecule has 0 spiro atoms. The molecule has 3 nitrogen and oxygen atoms in total. The molecule has 0 heterocycles. The van der Waals surface area contributed by atoms with Crippen molar-refractivity contribution >= 4 is 39.3 Å².